The first kappa shape index (κ1) is 11.9. The highest BCUT2D eigenvalue weighted by molar-refractivity contribution is 4.62. The zero-order valence-corrected chi connectivity index (χ0v) is 8.09. The lowest BCUT2D eigenvalue weighted by Gasteiger charge is -1.99. The van der Waals surface area contributed by atoms with Crippen molar-refractivity contribution in [3.8, 4) is 0 Å². The van der Waals surface area contributed by atoms with Gasteiger partial charge in [-0.05, 0) is 12.8 Å². The van der Waals surface area contributed by atoms with Crippen LogP contribution in [0.5, 0.6) is 0 Å². The van der Waals surface area contributed by atoms with E-state index < -0.39 is 0 Å². The van der Waals surface area contributed by atoms with Gasteiger partial charge in [0.25, 0.3) is 0 Å². The third-order valence-electron chi connectivity index (χ3n) is 1.89. The van der Waals surface area contributed by atoms with E-state index in [4.69, 9.17) is 5.26 Å². The first-order valence-electron chi connectivity index (χ1n) is 4.99. The predicted molar refractivity (Wildman–Crippen MR) is 50.9 cm³/mol. The molecule has 0 aromatic heterocycles. The lowest BCUT2D eigenvalue weighted by atomic mass is 10.1. The van der Waals surface area contributed by atoms with E-state index in [9.17, 15) is 0 Å². The summed E-state index contributed by atoms with van der Waals surface area (Å²) in [6.07, 6.45) is 10.8. The van der Waals surface area contributed by atoms with Crippen molar-refractivity contribution in [2.75, 3.05) is 6.61 Å². The highest BCUT2D eigenvalue weighted by atomic mass is 17.1. The maximum atomic E-state index is 8.03. The average molecular weight is 173 g/mol. The van der Waals surface area contributed by atoms with Crippen molar-refractivity contribution < 1.29 is 10.1 Å². The van der Waals surface area contributed by atoms with Crippen LogP contribution in [-0.4, -0.2) is 11.9 Å². The Kier molecular flexibility index (Phi) is 10.8. The molecular formula is C10H21O2. The van der Waals surface area contributed by atoms with Gasteiger partial charge in [0.05, 0.1) is 6.61 Å². The Morgan fingerprint density at radius 1 is 1.08 bits per heavy atom. The Hall–Kier alpha value is -0.0800. The molecule has 1 N–H and O–H groups in total. The molecule has 1 radical (unpaired) electrons. The third kappa shape index (κ3) is 9.92. The molecule has 0 rings (SSSR count). The minimum atomic E-state index is 0.485. The van der Waals surface area contributed by atoms with Crippen LogP contribution in [0.4, 0.5) is 0 Å². The Morgan fingerprint density at radius 3 is 2.50 bits per heavy atom. The SMILES string of the molecule is CCC[CH]CCCCCCOO. The highest BCUT2D eigenvalue weighted by Crippen LogP contribution is 2.07. The fourth-order valence-corrected chi connectivity index (χ4v) is 1.16. The summed E-state index contributed by atoms with van der Waals surface area (Å²) in [7, 11) is 0. The fourth-order valence-electron chi connectivity index (χ4n) is 1.16. The first-order valence-corrected chi connectivity index (χ1v) is 4.99. The smallest absolute Gasteiger partial charge is 0.0819 e. The molecule has 0 aliphatic rings. The molecule has 0 spiro atoms. The van der Waals surface area contributed by atoms with Gasteiger partial charge in [-0.1, -0.05) is 45.4 Å². The highest BCUT2D eigenvalue weighted by Gasteiger charge is 1.90. The molecule has 0 aliphatic heterocycles. The van der Waals surface area contributed by atoms with Crippen LogP contribution in [-0.2, 0) is 4.89 Å². The quantitative estimate of drug-likeness (QED) is 0.329. The Labute approximate surface area is 75.9 Å². The molecule has 0 unspecified atom stereocenters. The summed E-state index contributed by atoms with van der Waals surface area (Å²) in [6.45, 7) is 2.69. The molecular weight excluding hydrogens is 152 g/mol. The summed E-state index contributed by atoms with van der Waals surface area (Å²) in [5, 5.41) is 8.03. The monoisotopic (exact) mass is 173 g/mol. The van der Waals surface area contributed by atoms with Crippen LogP contribution in [0.1, 0.15) is 51.9 Å². The van der Waals surface area contributed by atoms with Gasteiger partial charge >= 0.3 is 0 Å². The Balaban J connectivity index is 2.73. The number of unbranched alkanes of at least 4 members (excludes halogenated alkanes) is 7. The predicted octanol–water partition coefficient (Wildman–Crippen LogP) is 3.43. The van der Waals surface area contributed by atoms with E-state index in [-0.39, 0.29) is 0 Å². The molecule has 0 bridgehead atoms. The summed E-state index contributed by atoms with van der Waals surface area (Å²) < 4.78 is 0. The van der Waals surface area contributed by atoms with Crippen molar-refractivity contribution in [1.29, 1.82) is 0 Å². The molecule has 0 aliphatic carbocycles. The lowest BCUT2D eigenvalue weighted by Crippen LogP contribution is -1.88. The fraction of sp³-hybridized carbons (Fsp3) is 0.900. The van der Waals surface area contributed by atoms with Crippen molar-refractivity contribution in [2.45, 2.75) is 51.9 Å². The molecule has 0 saturated carbocycles. The van der Waals surface area contributed by atoms with Gasteiger partial charge in [0.15, 0.2) is 0 Å². The normalized spacial score (nSPS) is 10.5. The molecule has 2 nitrogen and oxygen atoms in total. The molecule has 2 heteroatoms. The van der Waals surface area contributed by atoms with E-state index in [1.165, 1.54) is 38.5 Å². The zero-order chi connectivity index (χ0) is 9.07. The van der Waals surface area contributed by atoms with Crippen LogP contribution < -0.4 is 0 Å². The van der Waals surface area contributed by atoms with E-state index in [1.54, 1.807) is 0 Å². The molecule has 0 fully saturated rings. The maximum absolute atomic E-state index is 8.03. The molecule has 0 amide bonds. The van der Waals surface area contributed by atoms with Crippen molar-refractivity contribution in [1.82, 2.24) is 0 Å². The van der Waals surface area contributed by atoms with Gasteiger partial charge in [-0.3, -0.25) is 5.26 Å². The largest absolute Gasteiger partial charge is 0.252 e. The lowest BCUT2D eigenvalue weighted by molar-refractivity contribution is -0.242. The van der Waals surface area contributed by atoms with Crippen LogP contribution in [0, 0.1) is 6.42 Å². The Bertz CT molecular complexity index is 64.2. The van der Waals surface area contributed by atoms with E-state index >= 15 is 0 Å². The summed E-state index contributed by atoms with van der Waals surface area (Å²) >= 11 is 0. The van der Waals surface area contributed by atoms with Crippen molar-refractivity contribution in [2.24, 2.45) is 0 Å². The van der Waals surface area contributed by atoms with Gasteiger partial charge in [0.2, 0.25) is 0 Å². The summed E-state index contributed by atoms with van der Waals surface area (Å²) in [4.78, 5) is 3.98. The van der Waals surface area contributed by atoms with E-state index in [0.29, 0.717) is 6.61 Å². The minimum Gasteiger partial charge on any atom is -0.252 e. The topological polar surface area (TPSA) is 29.5 Å². The van der Waals surface area contributed by atoms with Gasteiger partial charge < -0.3 is 0 Å². The summed E-state index contributed by atoms with van der Waals surface area (Å²) in [5.74, 6) is 0. The van der Waals surface area contributed by atoms with E-state index in [2.05, 4.69) is 18.2 Å². The zero-order valence-electron chi connectivity index (χ0n) is 8.09. The molecule has 0 saturated heterocycles. The van der Waals surface area contributed by atoms with Crippen LogP contribution in [0.15, 0.2) is 0 Å². The van der Waals surface area contributed by atoms with E-state index in [0.717, 1.165) is 6.42 Å². The molecule has 0 aromatic carbocycles. The molecule has 12 heavy (non-hydrogen) atoms. The van der Waals surface area contributed by atoms with Crippen molar-refractivity contribution in [3.63, 3.8) is 0 Å². The average Bonchev–Trinajstić information content (AvgIpc) is 2.10. The number of hydrogen-bond donors (Lipinski definition) is 1. The number of hydrogen-bond acceptors (Lipinski definition) is 2. The summed E-state index contributed by atoms with van der Waals surface area (Å²) in [6, 6.07) is 0. The molecule has 0 heterocycles. The minimum absolute atomic E-state index is 0.485. The van der Waals surface area contributed by atoms with Gasteiger partial charge in [-0.25, -0.2) is 4.89 Å². The summed E-state index contributed by atoms with van der Waals surface area (Å²) in [5.41, 5.74) is 0. The second-order valence-electron chi connectivity index (χ2n) is 3.11. The Morgan fingerprint density at radius 2 is 1.83 bits per heavy atom. The van der Waals surface area contributed by atoms with Gasteiger partial charge in [-0.15, -0.1) is 0 Å². The van der Waals surface area contributed by atoms with Crippen LogP contribution in [0.25, 0.3) is 0 Å². The first-order chi connectivity index (χ1) is 5.91. The molecule has 73 valence electrons. The number of rotatable bonds is 9. The van der Waals surface area contributed by atoms with Gasteiger partial charge in [0.1, 0.15) is 0 Å². The second kappa shape index (κ2) is 10.9. The second-order valence-corrected chi connectivity index (χ2v) is 3.11. The molecule has 0 atom stereocenters. The maximum Gasteiger partial charge on any atom is 0.0819 e. The van der Waals surface area contributed by atoms with Crippen LogP contribution >= 0.6 is 0 Å². The van der Waals surface area contributed by atoms with Crippen molar-refractivity contribution >= 4 is 0 Å². The third-order valence-corrected chi connectivity index (χ3v) is 1.89. The van der Waals surface area contributed by atoms with Gasteiger partial charge in [0, 0.05) is 0 Å². The van der Waals surface area contributed by atoms with Crippen LogP contribution in [0.3, 0.4) is 0 Å². The standard InChI is InChI=1S/C10H21O2/c1-2-3-4-5-6-7-8-9-10-12-11/h4,11H,2-3,5-10H2,1H3. The van der Waals surface area contributed by atoms with Gasteiger partial charge in [-0.2, -0.15) is 0 Å². The van der Waals surface area contributed by atoms with Crippen LogP contribution in [0.2, 0.25) is 0 Å². The van der Waals surface area contributed by atoms with E-state index in [1.807, 2.05) is 0 Å². The van der Waals surface area contributed by atoms with Crippen molar-refractivity contribution in [3.05, 3.63) is 6.42 Å². The molecule has 0 aromatic rings.